The summed E-state index contributed by atoms with van der Waals surface area (Å²) in [4.78, 5) is 8.87. The lowest BCUT2D eigenvalue weighted by atomic mass is 9.93. The fraction of sp³-hybridized carbons (Fsp3) is 0.316. The Bertz CT molecular complexity index is 1080. The van der Waals surface area contributed by atoms with Gasteiger partial charge < -0.3 is 20.1 Å². The summed E-state index contributed by atoms with van der Waals surface area (Å²) < 4.78 is 3.77. The summed E-state index contributed by atoms with van der Waals surface area (Å²) in [5, 5.41) is 21.1. The SMILES string of the molecule is O[C@H]1CC[C@@H](Nc2cccc3nc(Nc4ccn5ccnc5c4)nn23)CC1. The molecule has 0 radical (unpaired) electrons. The zero-order valence-electron chi connectivity index (χ0n) is 14.8. The van der Waals surface area contributed by atoms with E-state index < -0.39 is 0 Å². The van der Waals surface area contributed by atoms with Crippen molar-refractivity contribution in [2.24, 2.45) is 0 Å². The van der Waals surface area contributed by atoms with Crippen molar-refractivity contribution in [3.05, 3.63) is 48.9 Å². The molecule has 138 valence electrons. The maximum Gasteiger partial charge on any atom is 0.247 e. The van der Waals surface area contributed by atoms with Gasteiger partial charge in [-0.05, 0) is 43.9 Å². The maximum atomic E-state index is 9.69. The molecule has 4 heterocycles. The molecule has 0 aromatic carbocycles. The minimum Gasteiger partial charge on any atom is -0.393 e. The maximum absolute atomic E-state index is 9.69. The number of aliphatic hydroxyl groups is 1. The van der Waals surface area contributed by atoms with Crippen LogP contribution in [0.1, 0.15) is 25.7 Å². The van der Waals surface area contributed by atoms with Crippen molar-refractivity contribution in [1.29, 1.82) is 0 Å². The molecule has 8 nitrogen and oxygen atoms in total. The van der Waals surface area contributed by atoms with Gasteiger partial charge in [0.25, 0.3) is 0 Å². The van der Waals surface area contributed by atoms with Gasteiger partial charge in [0, 0.05) is 36.4 Å². The smallest absolute Gasteiger partial charge is 0.247 e. The minimum absolute atomic E-state index is 0.159. The highest BCUT2D eigenvalue weighted by molar-refractivity contribution is 5.61. The fourth-order valence-corrected chi connectivity index (χ4v) is 3.61. The topological polar surface area (TPSA) is 91.8 Å². The number of rotatable bonds is 4. The Kier molecular flexibility index (Phi) is 3.90. The van der Waals surface area contributed by atoms with Crippen LogP contribution in [0.4, 0.5) is 17.5 Å². The predicted octanol–water partition coefficient (Wildman–Crippen LogP) is 2.84. The molecule has 0 spiro atoms. The van der Waals surface area contributed by atoms with E-state index in [4.69, 9.17) is 0 Å². The zero-order chi connectivity index (χ0) is 18.2. The molecule has 0 saturated heterocycles. The van der Waals surface area contributed by atoms with Crippen molar-refractivity contribution < 1.29 is 5.11 Å². The average molecular weight is 363 g/mol. The lowest BCUT2D eigenvalue weighted by Crippen LogP contribution is -2.29. The van der Waals surface area contributed by atoms with Gasteiger partial charge in [-0.15, -0.1) is 5.10 Å². The molecular weight excluding hydrogens is 342 g/mol. The van der Waals surface area contributed by atoms with Gasteiger partial charge in [0.2, 0.25) is 5.95 Å². The normalized spacial score (nSPS) is 20.2. The van der Waals surface area contributed by atoms with E-state index in [2.05, 4.69) is 25.7 Å². The van der Waals surface area contributed by atoms with Gasteiger partial charge in [-0.25, -0.2) is 4.98 Å². The largest absolute Gasteiger partial charge is 0.393 e. The molecule has 3 N–H and O–H groups in total. The molecule has 4 aromatic rings. The zero-order valence-corrected chi connectivity index (χ0v) is 14.8. The van der Waals surface area contributed by atoms with E-state index in [1.165, 1.54) is 0 Å². The molecule has 1 aliphatic carbocycles. The average Bonchev–Trinajstić information content (AvgIpc) is 3.30. The van der Waals surface area contributed by atoms with E-state index >= 15 is 0 Å². The number of nitrogens with one attached hydrogen (secondary N) is 2. The number of anilines is 3. The van der Waals surface area contributed by atoms with Crippen molar-refractivity contribution in [3.63, 3.8) is 0 Å². The number of imidazole rings is 1. The summed E-state index contributed by atoms with van der Waals surface area (Å²) in [7, 11) is 0. The molecule has 0 bridgehead atoms. The number of nitrogens with zero attached hydrogens (tertiary/aromatic N) is 5. The van der Waals surface area contributed by atoms with Gasteiger partial charge in [-0.2, -0.15) is 9.50 Å². The Hall–Kier alpha value is -3.13. The first-order chi connectivity index (χ1) is 13.2. The molecule has 4 aromatic heterocycles. The highest BCUT2D eigenvalue weighted by Crippen LogP contribution is 2.23. The van der Waals surface area contributed by atoms with Crippen LogP contribution >= 0.6 is 0 Å². The standard InChI is InChI=1S/C19H21N7O/c27-15-6-4-13(5-7-15)21-16-2-1-3-17-23-19(24-26(16)17)22-14-8-10-25-11-9-20-18(25)12-14/h1-3,8-13,15,21,27H,4-7H2,(H,22,24)/t13-,15+. The second-order valence-electron chi connectivity index (χ2n) is 7.00. The van der Waals surface area contributed by atoms with Crippen LogP contribution in [0.15, 0.2) is 48.9 Å². The molecule has 1 saturated carbocycles. The first kappa shape index (κ1) is 16.1. The summed E-state index contributed by atoms with van der Waals surface area (Å²) >= 11 is 0. The van der Waals surface area contributed by atoms with Crippen LogP contribution in [0.5, 0.6) is 0 Å². The minimum atomic E-state index is -0.159. The number of aromatic nitrogens is 5. The summed E-state index contributed by atoms with van der Waals surface area (Å²) in [5.41, 5.74) is 2.53. The molecule has 0 aliphatic heterocycles. The summed E-state index contributed by atoms with van der Waals surface area (Å²) in [6.45, 7) is 0. The van der Waals surface area contributed by atoms with Gasteiger partial charge in [0.15, 0.2) is 5.65 Å². The monoisotopic (exact) mass is 363 g/mol. The number of pyridine rings is 2. The quantitative estimate of drug-likeness (QED) is 0.516. The number of hydrogen-bond acceptors (Lipinski definition) is 6. The van der Waals surface area contributed by atoms with Crippen LogP contribution in [0.25, 0.3) is 11.3 Å². The molecular formula is C19H21N7O. The molecule has 1 fully saturated rings. The lowest BCUT2D eigenvalue weighted by molar-refractivity contribution is 0.126. The van der Waals surface area contributed by atoms with Crippen molar-refractivity contribution >= 4 is 28.7 Å². The summed E-state index contributed by atoms with van der Waals surface area (Å²) in [6.07, 6.45) is 9.07. The van der Waals surface area contributed by atoms with Crippen molar-refractivity contribution in [3.8, 4) is 0 Å². The molecule has 5 rings (SSSR count). The van der Waals surface area contributed by atoms with Crippen LogP contribution < -0.4 is 10.6 Å². The molecule has 0 unspecified atom stereocenters. The van der Waals surface area contributed by atoms with Crippen LogP contribution in [0.2, 0.25) is 0 Å². The molecule has 1 aliphatic rings. The van der Waals surface area contributed by atoms with Crippen LogP contribution in [0, 0.1) is 0 Å². The van der Waals surface area contributed by atoms with E-state index in [1.807, 2.05) is 51.6 Å². The van der Waals surface area contributed by atoms with E-state index in [0.717, 1.165) is 48.5 Å². The Labute approximate surface area is 155 Å². The second-order valence-corrected chi connectivity index (χ2v) is 7.00. The van der Waals surface area contributed by atoms with E-state index in [-0.39, 0.29) is 6.10 Å². The third-order valence-corrected chi connectivity index (χ3v) is 5.06. The highest BCUT2D eigenvalue weighted by atomic mass is 16.3. The van der Waals surface area contributed by atoms with Gasteiger partial charge in [0.1, 0.15) is 11.5 Å². The van der Waals surface area contributed by atoms with E-state index in [0.29, 0.717) is 12.0 Å². The first-order valence-electron chi connectivity index (χ1n) is 9.25. The molecule has 0 amide bonds. The fourth-order valence-electron chi connectivity index (χ4n) is 3.61. The second kappa shape index (κ2) is 6.55. The predicted molar refractivity (Wildman–Crippen MR) is 103 cm³/mol. The van der Waals surface area contributed by atoms with Crippen LogP contribution in [-0.2, 0) is 0 Å². The van der Waals surface area contributed by atoms with Gasteiger partial charge in [-0.3, -0.25) is 0 Å². The molecule has 0 atom stereocenters. The lowest BCUT2D eigenvalue weighted by Gasteiger charge is -2.26. The van der Waals surface area contributed by atoms with E-state index in [9.17, 15) is 5.11 Å². The van der Waals surface area contributed by atoms with Crippen molar-refractivity contribution in [1.82, 2.24) is 24.0 Å². The summed E-state index contributed by atoms with van der Waals surface area (Å²) in [5.74, 6) is 1.46. The summed E-state index contributed by atoms with van der Waals surface area (Å²) in [6, 6.07) is 10.2. The van der Waals surface area contributed by atoms with Crippen molar-refractivity contribution in [2.45, 2.75) is 37.8 Å². The highest BCUT2D eigenvalue weighted by Gasteiger charge is 2.20. The molecule has 8 heteroatoms. The van der Waals surface area contributed by atoms with Crippen LogP contribution in [0.3, 0.4) is 0 Å². The first-order valence-corrected chi connectivity index (χ1v) is 9.25. The molecule has 27 heavy (non-hydrogen) atoms. The van der Waals surface area contributed by atoms with Crippen molar-refractivity contribution in [2.75, 3.05) is 10.6 Å². The Balaban J connectivity index is 1.39. The van der Waals surface area contributed by atoms with Gasteiger partial charge in [0.05, 0.1) is 6.10 Å². The van der Waals surface area contributed by atoms with E-state index in [1.54, 1.807) is 6.20 Å². The van der Waals surface area contributed by atoms with Crippen LogP contribution in [-0.4, -0.2) is 41.2 Å². The van der Waals surface area contributed by atoms with Gasteiger partial charge in [-0.1, -0.05) is 6.07 Å². The van der Waals surface area contributed by atoms with Gasteiger partial charge >= 0.3 is 0 Å². The third-order valence-electron chi connectivity index (χ3n) is 5.06. The Morgan fingerprint density at radius 2 is 1.93 bits per heavy atom. The Morgan fingerprint density at radius 3 is 2.81 bits per heavy atom. The number of hydrogen-bond donors (Lipinski definition) is 3. The Morgan fingerprint density at radius 1 is 1.04 bits per heavy atom. The number of aliphatic hydroxyl groups excluding tert-OH is 1. The third kappa shape index (κ3) is 3.19. The number of fused-ring (bicyclic) bond motifs is 2.